The number of aromatic nitrogens is 1. The SMILES string of the molecule is CC(C)[C@H](NC(=O)OCc1ccccc1)C(=O)OCOC(=O)N(C)CCc1ccccn1. The van der Waals surface area contributed by atoms with Gasteiger partial charge in [-0.05, 0) is 23.6 Å². The Balaban J connectivity index is 1.72. The Morgan fingerprint density at radius 1 is 1.00 bits per heavy atom. The van der Waals surface area contributed by atoms with Gasteiger partial charge in [-0.15, -0.1) is 0 Å². The molecule has 1 aromatic carbocycles. The van der Waals surface area contributed by atoms with E-state index in [4.69, 9.17) is 14.2 Å². The molecule has 1 atom stereocenters. The van der Waals surface area contributed by atoms with Crippen LogP contribution in [0.1, 0.15) is 25.1 Å². The maximum atomic E-state index is 12.4. The number of amides is 2. The van der Waals surface area contributed by atoms with Gasteiger partial charge < -0.3 is 24.4 Å². The van der Waals surface area contributed by atoms with Gasteiger partial charge in [0, 0.05) is 31.9 Å². The third-order valence-electron chi connectivity index (χ3n) is 4.53. The normalized spacial score (nSPS) is 11.4. The molecule has 0 saturated carbocycles. The number of benzene rings is 1. The zero-order valence-corrected chi connectivity index (χ0v) is 18.5. The quantitative estimate of drug-likeness (QED) is 0.444. The highest BCUT2D eigenvalue weighted by atomic mass is 16.7. The predicted molar refractivity (Wildman–Crippen MR) is 116 cm³/mol. The van der Waals surface area contributed by atoms with E-state index >= 15 is 0 Å². The van der Waals surface area contributed by atoms with E-state index in [0.717, 1.165) is 11.3 Å². The Morgan fingerprint density at radius 3 is 2.38 bits per heavy atom. The molecule has 1 N–H and O–H groups in total. The van der Waals surface area contributed by atoms with Gasteiger partial charge >= 0.3 is 18.2 Å². The molecule has 0 aliphatic carbocycles. The molecule has 0 radical (unpaired) electrons. The van der Waals surface area contributed by atoms with Gasteiger partial charge in [0.05, 0.1) is 0 Å². The van der Waals surface area contributed by atoms with E-state index in [2.05, 4.69) is 10.3 Å². The third kappa shape index (κ3) is 8.63. The largest absolute Gasteiger partial charge is 0.445 e. The molecule has 1 aromatic heterocycles. The maximum absolute atomic E-state index is 12.4. The highest BCUT2D eigenvalue weighted by Crippen LogP contribution is 2.07. The summed E-state index contributed by atoms with van der Waals surface area (Å²) in [5.41, 5.74) is 1.67. The number of carbonyl (C=O) groups is 3. The van der Waals surface area contributed by atoms with Crippen LogP contribution in [0.5, 0.6) is 0 Å². The molecule has 2 rings (SSSR count). The molecule has 0 bridgehead atoms. The monoisotopic (exact) mass is 443 g/mol. The number of nitrogens with one attached hydrogen (secondary N) is 1. The molecular weight excluding hydrogens is 414 g/mol. The van der Waals surface area contributed by atoms with Crippen molar-refractivity contribution in [2.24, 2.45) is 5.92 Å². The van der Waals surface area contributed by atoms with E-state index < -0.39 is 31.0 Å². The number of nitrogens with zero attached hydrogens (tertiary/aromatic N) is 2. The highest BCUT2D eigenvalue weighted by Gasteiger charge is 2.27. The second-order valence-corrected chi connectivity index (χ2v) is 7.41. The molecule has 172 valence electrons. The van der Waals surface area contributed by atoms with Crippen molar-refractivity contribution in [3.63, 3.8) is 0 Å². The number of esters is 1. The van der Waals surface area contributed by atoms with Crippen molar-refractivity contribution < 1.29 is 28.6 Å². The third-order valence-corrected chi connectivity index (χ3v) is 4.53. The molecule has 2 amide bonds. The Hall–Kier alpha value is -3.62. The smallest absolute Gasteiger partial charge is 0.412 e. The van der Waals surface area contributed by atoms with E-state index in [-0.39, 0.29) is 12.5 Å². The molecule has 0 fully saturated rings. The van der Waals surface area contributed by atoms with Crippen LogP contribution >= 0.6 is 0 Å². The van der Waals surface area contributed by atoms with Crippen molar-refractivity contribution in [2.75, 3.05) is 20.4 Å². The van der Waals surface area contributed by atoms with Crippen LogP contribution < -0.4 is 5.32 Å². The van der Waals surface area contributed by atoms with Gasteiger partial charge in [0.25, 0.3) is 0 Å². The van der Waals surface area contributed by atoms with Crippen molar-refractivity contribution in [3.05, 3.63) is 66.0 Å². The van der Waals surface area contributed by atoms with Crippen LogP contribution in [0.4, 0.5) is 9.59 Å². The van der Waals surface area contributed by atoms with Crippen molar-refractivity contribution in [3.8, 4) is 0 Å². The number of ether oxygens (including phenoxy) is 3. The first kappa shape index (κ1) is 24.6. The first-order chi connectivity index (χ1) is 15.4. The number of carbonyl (C=O) groups excluding carboxylic acids is 3. The first-order valence-electron chi connectivity index (χ1n) is 10.3. The summed E-state index contributed by atoms with van der Waals surface area (Å²) in [7, 11) is 1.58. The number of likely N-dealkylation sites (N-methyl/N-ethyl adjacent to an activating group) is 1. The van der Waals surface area contributed by atoms with Gasteiger partial charge in [-0.3, -0.25) is 4.98 Å². The molecule has 9 nitrogen and oxygen atoms in total. The minimum absolute atomic E-state index is 0.0784. The number of hydrogen-bond donors (Lipinski definition) is 1. The van der Waals surface area contributed by atoms with Gasteiger partial charge in [0.2, 0.25) is 6.79 Å². The minimum Gasteiger partial charge on any atom is -0.445 e. The fourth-order valence-corrected chi connectivity index (χ4v) is 2.65. The maximum Gasteiger partial charge on any atom is 0.412 e. The average Bonchev–Trinajstić information content (AvgIpc) is 2.80. The van der Waals surface area contributed by atoms with Crippen molar-refractivity contribution in [1.82, 2.24) is 15.2 Å². The minimum atomic E-state index is -0.946. The standard InChI is InChI=1S/C23H29N3O6/c1-17(2)20(25-22(28)30-15-18-9-5-4-6-10-18)21(27)31-16-32-23(29)26(3)14-12-19-11-7-8-13-24-19/h4-11,13,17,20H,12,14-16H2,1-3H3,(H,25,28)/t20-/m0/s1. The average molecular weight is 444 g/mol. The van der Waals surface area contributed by atoms with Crippen LogP contribution in [0.2, 0.25) is 0 Å². The topological polar surface area (TPSA) is 107 Å². The number of rotatable bonds is 10. The van der Waals surface area contributed by atoms with Crippen LogP contribution in [0.3, 0.4) is 0 Å². The Kier molecular flexibility index (Phi) is 9.96. The molecular formula is C23H29N3O6. The fraction of sp³-hybridized carbons (Fsp3) is 0.391. The summed E-state index contributed by atoms with van der Waals surface area (Å²) in [6.45, 7) is 3.42. The summed E-state index contributed by atoms with van der Waals surface area (Å²) in [6.07, 6.45) is 0.876. The molecule has 2 aromatic rings. The molecule has 0 unspecified atom stereocenters. The lowest BCUT2D eigenvalue weighted by Gasteiger charge is -2.21. The number of hydrogen-bond acceptors (Lipinski definition) is 7. The summed E-state index contributed by atoms with van der Waals surface area (Å²) in [6, 6.07) is 13.8. The van der Waals surface area contributed by atoms with Crippen molar-refractivity contribution >= 4 is 18.2 Å². The molecule has 0 aliphatic rings. The van der Waals surface area contributed by atoms with Gasteiger partial charge in [0.1, 0.15) is 12.6 Å². The van der Waals surface area contributed by atoms with E-state index in [9.17, 15) is 14.4 Å². The molecule has 0 saturated heterocycles. The van der Waals surface area contributed by atoms with E-state index in [1.54, 1.807) is 27.1 Å². The summed E-state index contributed by atoms with van der Waals surface area (Å²) in [5, 5.41) is 2.49. The number of alkyl carbamates (subject to hydrolysis) is 1. The molecule has 9 heteroatoms. The lowest BCUT2D eigenvalue weighted by molar-refractivity contribution is -0.156. The van der Waals surface area contributed by atoms with Crippen LogP contribution in [0.25, 0.3) is 0 Å². The number of pyridine rings is 1. The molecule has 0 spiro atoms. The van der Waals surface area contributed by atoms with Crippen LogP contribution in [-0.4, -0.2) is 54.5 Å². The Morgan fingerprint density at radius 2 is 1.72 bits per heavy atom. The van der Waals surface area contributed by atoms with Gasteiger partial charge in [-0.25, -0.2) is 14.4 Å². The summed E-state index contributed by atoms with van der Waals surface area (Å²) in [4.78, 5) is 42.0. The second-order valence-electron chi connectivity index (χ2n) is 7.41. The second kappa shape index (κ2) is 12.9. The van der Waals surface area contributed by atoms with Crippen LogP contribution in [0, 0.1) is 5.92 Å². The van der Waals surface area contributed by atoms with Gasteiger partial charge in [-0.2, -0.15) is 0 Å². The summed E-state index contributed by atoms with van der Waals surface area (Å²) >= 11 is 0. The zero-order valence-electron chi connectivity index (χ0n) is 18.5. The Labute approximate surface area is 187 Å². The molecule has 0 aliphatic heterocycles. The van der Waals surface area contributed by atoms with Crippen molar-refractivity contribution in [2.45, 2.75) is 32.9 Å². The zero-order chi connectivity index (χ0) is 23.3. The molecule has 32 heavy (non-hydrogen) atoms. The lowest BCUT2D eigenvalue weighted by atomic mass is 10.1. The van der Waals surface area contributed by atoms with Crippen molar-refractivity contribution in [1.29, 1.82) is 0 Å². The van der Waals surface area contributed by atoms with E-state index in [0.29, 0.717) is 13.0 Å². The van der Waals surface area contributed by atoms with Gasteiger partial charge in [0.15, 0.2) is 0 Å². The van der Waals surface area contributed by atoms with E-state index in [1.807, 2.05) is 48.5 Å². The summed E-state index contributed by atoms with van der Waals surface area (Å²) in [5.74, 6) is -0.982. The fourth-order valence-electron chi connectivity index (χ4n) is 2.65. The van der Waals surface area contributed by atoms with Crippen LogP contribution in [-0.2, 0) is 32.0 Å². The lowest BCUT2D eigenvalue weighted by Crippen LogP contribution is -2.45. The summed E-state index contributed by atoms with van der Waals surface area (Å²) < 4.78 is 15.1. The van der Waals surface area contributed by atoms with E-state index in [1.165, 1.54) is 4.90 Å². The molecule has 1 heterocycles. The predicted octanol–water partition coefficient (Wildman–Crippen LogP) is 3.14. The first-order valence-corrected chi connectivity index (χ1v) is 10.3. The highest BCUT2D eigenvalue weighted by molar-refractivity contribution is 5.81. The van der Waals surface area contributed by atoms with Crippen LogP contribution in [0.15, 0.2) is 54.7 Å². The van der Waals surface area contributed by atoms with Gasteiger partial charge in [-0.1, -0.05) is 50.2 Å². The Bertz CT molecular complexity index is 861.